The van der Waals surface area contributed by atoms with Crippen LogP contribution in [0.5, 0.6) is 0 Å². The maximum Gasteiger partial charge on any atom is 0.276 e. The number of nitrogens with one attached hydrogen (secondary N) is 1. The average molecular weight is 354 g/mol. The summed E-state index contributed by atoms with van der Waals surface area (Å²) in [6.07, 6.45) is 4.81. The number of hydrogen-bond donors (Lipinski definition) is 1. The molecule has 7 heteroatoms. The van der Waals surface area contributed by atoms with Crippen LogP contribution in [0.4, 0.5) is 0 Å². The monoisotopic (exact) mass is 354 g/mol. The number of para-hydroxylation sites is 1. The Hall–Kier alpha value is -2.93. The first-order chi connectivity index (χ1) is 12.0. The fourth-order valence-corrected chi connectivity index (χ4v) is 3.46. The smallest absolute Gasteiger partial charge is 0.240 e. The fourth-order valence-electron chi connectivity index (χ4n) is 2.34. The molecule has 0 bridgehead atoms. The van der Waals surface area contributed by atoms with Gasteiger partial charge in [-0.05, 0) is 43.2 Å². The van der Waals surface area contributed by atoms with E-state index in [0.717, 1.165) is 11.3 Å². The molecule has 2 aromatic carbocycles. The third-order valence-corrected chi connectivity index (χ3v) is 5.01. The maximum atomic E-state index is 12.4. The molecule has 0 aliphatic carbocycles. The third kappa shape index (κ3) is 3.95. The van der Waals surface area contributed by atoms with E-state index in [2.05, 4.69) is 15.0 Å². The average Bonchev–Trinajstić information content (AvgIpc) is 3.06. The van der Waals surface area contributed by atoms with E-state index in [0.29, 0.717) is 11.1 Å². The summed E-state index contributed by atoms with van der Waals surface area (Å²) in [7, 11) is -3.70. The first kappa shape index (κ1) is 16.9. The number of aryl methyl sites for hydroxylation is 2. The van der Waals surface area contributed by atoms with Gasteiger partial charge in [-0.2, -0.15) is 18.6 Å². The molecule has 0 unspecified atom stereocenters. The molecule has 0 spiro atoms. The van der Waals surface area contributed by atoms with Crippen LogP contribution < -0.4 is 4.83 Å². The Labute approximate surface area is 146 Å². The molecule has 0 atom stereocenters. The van der Waals surface area contributed by atoms with Gasteiger partial charge in [-0.25, -0.2) is 9.51 Å². The molecule has 0 aliphatic heterocycles. The topological polar surface area (TPSA) is 76.3 Å². The summed E-state index contributed by atoms with van der Waals surface area (Å²) in [6, 6.07) is 14.9. The first-order valence-electron chi connectivity index (χ1n) is 7.68. The number of hydrazone groups is 1. The normalized spacial score (nSPS) is 11.8. The lowest BCUT2D eigenvalue weighted by atomic mass is 10.2. The summed E-state index contributed by atoms with van der Waals surface area (Å²) < 4.78 is 26.4. The number of sulfonamides is 1. The number of nitrogens with zero attached hydrogens (tertiary/aromatic N) is 3. The summed E-state index contributed by atoms with van der Waals surface area (Å²) in [5, 5.41) is 8.08. The molecule has 0 amide bonds. The number of hydrogen-bond acceptors (Lipinski definition) is 4. The number of benzene rings is 2. The van der Waals surface area contributed by atoms with E-state index in [4.69, 9.17) is 0 Å². The summed E-state index contributed by atoms with van der Waals surface area (Å²) in [5.74, 6) is 0. The van der Waals surface area contributed by atoms with Crippen molar-refractivity contribution >= 4 is 16.2 Å². The van der Waals surface area contributed by atoms with Gasteiger partial charge in [0.05, 0.1) is 23.0 Å². The first-order valence-corrected chi connectivity index (χ1v) is 9.16. The minimum absolute atomic E-state index is 0.227. The van der Waals surface area contributed by atoms with E-state index in [9.17, 15) is 8.42 Å². The van der Waals surface area contributed by atoms with Crippen LogP contribution in [-0.4, -0.2) is 24.4 Å². The maximum absolute atomic E-state index is 12.4. The van der Waals surface area contributed by atoms with Crippen LogP contribution in [0.15, 0.2) is 70.9 Å². The molecule has 0 saturated heterocycles. The van der Waals surface area contributed by atoms with Crippen LogP contribution in [0.3, 0.4) is 0 Å². The van der Waals surface area contributed by atoms with Gasteiger partial charge in [0.15, 0.2) is 0 Å². The van der Waals surface area contributed by atoms with Crippen molar-refractivity contribution in [1.82, 2.24) is 14.6 Å². The molecule has 3 rings (SSSR count). The fraction of sp³-hybridized carbons (Fsp3) is 0.111. The van der Waals surface area contributed by atoms with Gasteiger partial charge in [-0.3, -0.25) is 0 Å². The van der Waals surface area contributed by atoms with Crippen molar-refractivity contribution in [2.45, 2.75) is 18.7 Å². The zero-order valence-electron chi connectivity index (χ0n) is 13.9. The summed E-state index contributed by atoms with van der Waals surface area (Å²) in [6.45, 7) is 3.60. The van der Waals surface area contributed by atoms with Crippen LogP contribution >= 0.6 is 0 Å². The predicted octanol–water partition coefficient (Wildman–Crippen LogP) is 2.80. The van der Waals surface area contributed by atoms with Crippen LogP contribution in [0, 0.1) is 13.8 Å². The van der Waals surface area contributed by atoms with Gasteiger partial charge < -0.3 is 0 Å². The lowest BCUT2D eigenvalue weighted by molar-refractivity contribution is 0.584. The second-order valence-electron chi connectivity index (χ2n) is 5.68. The minimum atomic E-state index is -3.70. The van der Waals surface area contributed by atoms with Gasteiger partial charge in [-0.15, -0.1) is 0 Å². The van der Waals surface area contributed by atoms with Gasteiger partial charge in [0, 0.05) is 11.8 Å². The van der Waals surface area contributed by atoms with Crippen molar-refractivity contribution in [3.05, 3.63) is 77.6 Å². The van der Waals surface area contributed by atoms with Crippen LogP contribution in [0.1, 0.15) is 16.7 Å². The quantitative estimate of drug-likeness (QED) is 0.565. The summed E-state index contributed by atoms with van der Waals surface area (Å²) >= 11 is 0. The Bertz CT molecular complexity index is 1010. The molecule has 0 aliphatic rings. The highest BCUT2D eigenvalue weighted by atomic mass is 32.2. The molecule has 0 radical (unpaired) electrons. The highest BCUT2D eigenvalue weighted by Crippen LogP contribution is 2.16. The molecule has 1 N–H and O–H groups in total. The lowest BCUT2D eigenvalue weighted by Crippen LogP contribution is -2.19. The minimum Gasteiger partial charge on any atom is -0.240 e. The largest absolute Gasteiger partial charge is 0.276 e. The molecule has 1 heterocycles. The zero-order valence-corrected chi connectivity index (χ0v) is 14.7. The van der Waals surface area contributed by atoms with Crippen molar-refractivity contribution < 1.29 is 8.42 Å². The molecular formula is C18H18N4O2S. The second-order valence-corrected chi connectivity index (χ2v) is 7.30. The Morgan fingerprint density at radius 2 is 1.88 bits per heavy atom. The van der Waals surface area contributed by atoms with Crippen molar-refractivity contribution in [2.75, 3.05) is 0 Å². The van der Waals surface area contributed by atoms with E-state index >= 15 is 0 Å². The van der Waals surface area contributed by atoms with Gasteiger partial charge in [0.2, 0.25) is 0 Å². The summed E-state index contributed by atoms with van der Waals surface area (Å²) in [4.78, 5) is 2.47. The Balaban J connectivity index is 1.75. The van der Waals surface area contributed by atoms with Gasteiger partial charge in [-0.1, -0.05) is 30.3 Å². The molecule has 128 valence electrons. The molecule has 25 heavy (non-hydrogen) atoms. The van der Waals surface area contributed by atoms with Gasteiger partial charge >= 0.3 is 0 Å². The zero-order chi connectivity index (χ0) is 17.9. The van der Waals surface area contributed by atoms with Gasteiger partial charge in [0.25, 0.3) is 10.0 Å². The molecular weight excluding hydrogens is 336 g/mol. The van der Waals surface area contributed by atoms with Crippen LogP contribution in [0.25, 0.3) is 5.69 Å². The highest BCUT2D eigenvalue weighted by molar-refractivity contribution is 7.89. The number of rotatable bonds is 5. The van der Waals surface area contributed by atoms with E-state index in [-0.39, 0.29) is 4.90 Å². The molecule has 1 aromatic heterocycles. The standard InChI is InChI=1S/C18H18N4O2S/c1-14-8-9-15(2)18(10-14)25(23,24)21-19-11-16-12-20-22(13-16)17-6-4-3-5-7-17/h3-13,21H,1-2H3/b19-11-. The Morgan fingerprint density at radius 1 is 1.12 bits per heavy atom. The second kappa shape index (κ2) is 6.90. The van der Waals surface area contributed by atoms with Crippen LogP contribution in [0.2, 0.25) is 0 Å². The molecule has 0 fully saturated rings. The predicted molar refractivity (Wildman–Crippen MR) is 97.4 cm³/mol. The Kier molecular flexibility index (Phi) is 4.67. The SMILES string of the molecule is Cc1ccc(C)c(S(=O)(=O)N/N=C\c2cnn(-c3ccccc3)c2)c1. The molecule has 3 aromatic rings. The van der Waals surface area contributed by atoms with Crippen molar-refractivity contribution in [3.63, 3.8) is 0 Å². The van der Waals surface area contributed by atoms with E-state index in [1.165, 1.54) is 6.21 Å². The van der Waals surface area contributed by atoms with E-state index in [1.807, 2.05) is 43.3 Å². The summed E-state index contributed by atoms with van der Waals surface area (Å²) in [5.41, 5.74) is 3.15. The van der Waals surface area contributed by atoms with Crippen LogP contribution in [-0.2, 0) is 10.0 Å². The number of aromatic nitrogens is 2. The van der Waals surface area contributed by atoms with Crippen molar-refractivity contribution in [1.29, 1.82) is 0 Å². The lowest BCUT2D eigenvalue weighted by Gasteiger charge is -2.07. The Morgan fingerprint density at radius 3 is 2.64 bits per heavy atom. The van der Waals surface area contributed by atoms with Gasteiger partial charge in [0.1, 0.15) is 0 Å². The van der Waals surface area contributed by atoms with E-state index < -0.39 is 10.0 Å². The molecule has 6 nitrogen and oxygen atoms in total. The van der Waals surface area contributed by atoms with Crippen molar-refractivity contribution in [3.8, 4) is 5.69 Å². The highest BCUT2D eigenvalue weighted by Gasteiger charge is 2.15. The molecule has 0 saturated carbocycles. The van der Waals surface area contributed by atoms with Crippen molar-refractivity contribution in [2.24, 2.45) is 5.10 Å². The van der Waals surface area contributed by atoms with E-state index in [1.54, 1.807) is 36.1 Å². The third-order valence-electron chi connectivity index (χ3n) is 3.64.